The molecule has 0 fully saturated rings. The largest absolute Gasteiger partial charge is 0.235 e. The van der Waals surface area contributed by atoms with Crippen LogP contribution in [0.25, 0.3) is 20.1 Å². The maximum Gasteiger partial charge on any atom is 0.134 e. The number of benzene rings is 1. The molecule has 0 saturated carbocycles. The zero-order chi connectivity index (χ0) is 10.3. The summed E-state index contributed by atoms with van der Waals surface area (Å²) in [5.74, 6) is 0. The van der Waals surface area contributed by atoms with Crippen molar-refractivity contribution >= 4 is 32.9 Å². The van der Waals surface area contributed by atoms with E-state index in [0.717, 1.165) is 10.5 Å². The van der Waals surface area contributed by atoms with Gasteiger partial charge in [-0.15, -0.1) is 22.7 Å². The smallest absolute Gasteiger partial charge is 0.134 e. The van der Waals surface area contributed by atoms with Crippen molar-refractivity contribution in [1.29, 1.82) is 0 Å². The number of fused-ring (bicyclic) bond motifs is 1. The fourth-order valence-electron chi connectivity index (χ4n) is 1.59. The van der Waals surface area contributed by atoms with Crippen molar-refractivity contribution in [3.05, 3.63) is 41.3 Å². The van der Waals surface area contributed by atoms with Crippen molar-refractivity contribution in [2.75, 3.05) is 0 Å². The van der Waals surface area contributed by atoms with Gasteiger partial charge in [-0.05, 0) is 30.0 Å². The number of rotatable bonds is 1. The zero-order valence-corrected chi connectivity index (χ0v) is 9.86. The number of hydrogen-bond acceptors (Lipinski definition) is 3. The molecule has 0 N–H and O–H groups in total. The topological polar surface area (TPSA) is 12.9 Å². The molecule has 0 unspecified atom stereocenters. The van der Waals surface area contributed by atoms with Crippen molar-refractivity contribution < 1.29 is 0 Å². The van der Waals surface area contributed by atoms with Crippen LogP contribution in [0.4, 0.5) is 0 Å². The zero-order valence-electron chi connectivity index (χ0n) is 8.23. The molecule has 0 atom stereocenters. The second-order valence-corrected chi connectivity index (χ2v) is 5.40. The lowest BCUT2D eigenvalue weighted by Gasteiger charge is -1.90. The third-order valence-electron chi connectivity index (χ3n) is 2.35. The fraction of sp³-hybridized carbons (Fsp3) is 0.0833. The van der Waals surface area contributed by atoms with Gasteiger partial charge in [0.25, 0.3) is 0 Å². The summed E-state index contributed by atoms with van der Waals surface area (Å²) in [6.45, 7) is 2.11. The van der Waals surface area contributed by atoms with E-state index in [9.17, 15) is 0 Å². The van der Waals surface area contributed by atoms with Gasteiger partial charge in [0, 0.05) is 0 Å². The van der Waals surface area contributed by atoms with Crippen LogP contribution < -0.4 is 0 Å². The standard InChI is InChI=1S/C12H9NS2/c1-8-4-2-5-9-11(8)13-12(15-9)10-6-3-7-14-10/h2-7H,1H3. The Morgan fingerprint density at radius 3 is 2.80 bits per heavy atom. The van der Waals surface area contributed by atoms with E-state index < -0.39 is 0 Å². The van der Waals surface area contributed by atoms with Gasteiger partial charge in [0.2, 0.25) is 0 Å². The minimum absolute atomic E-state index is 1.13. The Kier molecular flexibility index (Phi) is 2.08. The van der Waals surface area contributed by atoms with Crippen LogP contribution in [-0.4, -0.2) is 4.98 Å². The molecule has 0 aliphatic heterocycles. The molecule has 3 aromatic rings. The van der Waals surface area contributed by atoms with Crippen LogP contribution in [0.15, 0.2) is 35.7 Å². The summed E-state index contributed by atoms with van der Waals surface area (Å²) in [5.41, 5.74) is 2.40. The Bertz CT molecular complexity index is 593. The number of thiazole rings is 1. The molecule has 0 amide bonds. The Balaban J connectivity index is 2.27. The number of para-hydroxylation sites is 1. The van der Waals surface area contributed by atoms with Gasteiger partial charge in [-0.2, -0.15) is 0 Å². The molecule has 1 aromatic carbocycles. The van der Waals surface area contributed by atoms with E-state index >= 15 is 0 Å². The maximum absolute atomic E-state index is 4.68. The van der Waals surface area contributed by atoms with Crippen molar-refractivity contribution in [3.8, 4) is 9.88 Å². The number of thiophene rings is 1. The molecular weight excluding hydrogens is 222 g/mol. The Labute approximate surface area is 96.0 Å². The molecule has 2 heterocycles. The highest BCUT2D eigenvalue weighted by atomic mass is 32.1. The van der Waals surface area contributed by atoms with Gasteiger partial charge in [0.05, 0.1) is 15.1 Å². The van der Waals surface area contributed by atoms with E-state index in [0.29, 0.717) is 0 Å². The lowest BCUT2D eigenvalue weighted by atomic mass is 10.2. The molecule has 0 radical (unpaired) electrons. The van der Waals surface area contributed by atoms with Gasteiger partial charge >= 0.3 is 0 Å². The van der Waals surface area contributed by atoms with Crippen LogP contribution in [0.5, 0.6) is 0 Å². The molecule has 3 heteroatoms. The summed E-state index contributed by atoms with van der Waals surface area (Å²) in [5, 5.41) is 3.23. The highest BCUT2D eigenvalue weighted by molar-refractivity contribution is 7.25. The van der Waals surface area contributed by atoms with E-state index in [1.165, 1.54) is 15.1 Å². The minimum atomic E-state index is 1.13. The molecule has 0 aliphatic rings. The fourth-order valence-corrected chi connectivity index (χ4v) is 3.43. The molecule has 15 heavy (non-hydrogen) atoms. The Morgan fingerprint density at radius 2 is 2.07 bits per heavy atom. The Morgan fingerprint density at radius 1 is 1.13 bits per heavy atom. The van der Waals surface area contributed by atoms with Gasteiger partial charge in [-0.1, -0.05) is 18.2 Å². The molecular formula is C12H9NS2. The van der Waals surface area contributed by atoms with Crippen LogP contribution in [0.1, 0.15) is 5.56 Å². The quantitative estimate of drug-likeness (QED) is 0.607. The third kappa shape index (κ3) is 1.48. The maximum atomic E-state index is 4.68. The second kappa shape index (κ2) is 3.43. The van der Waals surface area contributed by atoms with Crippen LogP contribution >= 0.6 is 22.7 Å². The van der Waals surface area contributed by atoms with E-state index in [2.05, 4.69) is 47.6 Å². The molecule has 1 nitrogen and oxygen atoms in total. The predicted molar refractivity (Wildman–Crippen MR) is 67.7 cm³/mol. The summed E-state index contributed by atoms with van der Waals surface area (Å²) in [6, 6.07) is 10.5. The summed E-state index contributed by atoms with van der Waals surface area (Å²) in [6.07, 6.45) is 0. The molecule has 3 rings (SSSR count). The second-order valence-electron chi connectivity index (χ2n) is 3.42. The summed E-state index contributed by atoms with van der Waals surface area (Å²) in [7, 11) is 0. The van der Waals surface area contributed by atoms with Gasteiger partial charge in [-0.25, -0.2) is 4.98 Å². The van der Waals surface area contributed by atoms with Crippen LogP contribution in [0.2, 0.25) is 0 Å². The van der Waals surface area contributed by atoms with Crippen LogP contribution in [0, 0.1) is 6.92 Å². The highest BCUT2D eigenvalue weighted by Gasteiger charge is 2.07. The van der Waals surface area contributed by atoms with Gasteiger partial charge in [-0.3, -0.25) is 0 Å². The number of aryl methyl sites for hydroxylation is 1. The minimum Gasteiger partial charge on any atom is -0.235 e. The molecule has 0 bridgehead atoms. The highest BCUT2D eigenvalue weighted by Crippen LogP contribution is 2.33. The number of aromatic nitrogens is 1. The average Bonchev–Trinajstić information content (AvgIpc) is 2.86. The summed E-state index contributed by atoms with van der Waals surface area (Å²) >= 11 is 3.51. The van der Waals surface area contributed by atoms with Gasteiger partial charge in [0.15, 0.2) is 0 Å². The van der Waals surface area contributed by atoms with Crippen molar-refractivity contribution in [3.63, 3.8) is 0 Å². The average molecular weight is 231 g/mol. The lowest BCUT2D eigenvalue weighted by molar-refractivity contribution is 1.43. The number of nitrogens with zero attached hydrogens (tertiary/aromatic N) is 1. The van der Waals surface area contributed by atoms with E-state index in [1.54, 1.807) is 22.7 Å². The first-order chi connectivity index (χ1) is 7.34. The Hall–Kier alpha value is -1.19. The molecule has 2 aromatic heterocycles. The van der Waals surface area contributed by atoms with E-state index in [4.69, 9.17) is 0 Å². The summed E-state index contributed by atoms with van der Waals surface area (Å²) in [4.78, 5) is 5.94. The summed E-state index contributed by atoms with van der Waals surface area (Å²) < 4.78 is 1.28. The molecule has 0 saturated heterocycles. The first-order valence-electron chi connectivity index (χ1n) is 4.74. The SMILES string of the molecule is Cc1cccc2sc(-c3cccs3)nc12. The predicted octanol–water partition coefficient (Wildman–Crippen LogP) is 4.33. The lowest BCUT2D eigenvalue weighted by Crippen LogP contribution is -1.74. The van der Waals surface area contributed by atoms with Gasteiger partial charge in [0.1, 0.15) is 5.01 Å². The van der Waals surface area contributed by atoms with Crippen LogP contribution in [0.3, 0.4) is 0 Å². The first-order valence-corrected chi connectivity index (χ1v) is 6.44. The van der Waals surface area contributed by atoms with Crippen molar-refractivity contribution in [1.82, 2.24) is 4.98 Å². The third-order valence-corrected chi connectivity index (χ3v) is 4.41. The van der Waals surface area contributed by atoms with E-state index in [-0.39, 0.29) is 0 Å². The van der Waals surface area contributed by atoms with Crippen molar-refractivity contribution in [2.24, 2.45) is 0 Å². The monoisotopic (exact) mass is 231 g/mol. The van der Waals surface area contributed by atoms with Gasteiger partial charge < -0.3 is 0 Å². The first kappa shape index (κ1) is 9.07. The molecule has 0 spiro atoms. The van der Waals surface area contributed by atoms with Crippen LogP contribution in [-0.2, 0) is 0 Å². The van der Waals surface area contributed by atoms with Crippen molar-refractivity contribution in [2.45, 2.75) is 6.92 Å². The van der Waals surface area contributed by atoms with E-state index in [1.807, 2.05) is 0 Å². The molecule has 74 valence electrons. The normalized spacial score (nSPS) is 11.0. The number of hydrogen-bond donors (Lipinski definition) is 0. The molecule has 0 aliphatic carbocycles.